The van der Waals surface area contributed by atoms with Gasteiger partial charge in [-0.05, 0) is 25.8 Å². The van der Waals surface area contributed by atoms with E-state index in [4.69, 9.17) is 9.26 Å². The Morgan fingerprint density at radius 1 is 1.16 bits per heavy atom. The van der Waals surface area contributed by atoms with Crippen LogP contribution < -0.4 is 0 Å². The summed E-state index contributed by atoms with van der Waals surface area (Å²) in [5.74, 6) is 1.06. The molecule has 25 heavy (non-hydrogen) atoms. The standard InChI is InChI=1S/C20H24N2O3/c23-20-16(7-4-10-22-11-13-24-14-12-22)8-9-17-18(20)19(21-25-17)15-5-2-1-3-6-15/h1-3,5-6,16H,4,7-14H2. The Morgan fingerprint density at radius 2 is 1.96 bits per heavy atom. The van der Waals surface area contributed by atoms with E-state index in [-0.39, 0.29) is 11.7 Å². The van der Waals surface area contributed by atoms with Crippen molar-refractivity contribution in [2.24, 2.45) is 5.92 Å². The molecule has 0 radical (unpaired) electrons. The van der Waals surface area contributed by atoms with Crippen molar-refractivity contribution in [1.29, 1.82) is 0 Å². The van der Waals surface area contributed by atoms with Gasteiger partial charge in [-0.3, -0.25) is 9.69 Å². The number of aromatic nitrogens is 1. The highest BCUT2D eigenvalue weighted by atomic mass is 16.5. The molecule has 1 saturated heterocycles. The zero-order valence-corrected chi connectivity index (χ0v) is 14.4. The van der Waals surface area contributed by atoms with Crippen molar-refractivity contribution in [1.82, 2.24) is 10.1 Å². The van der Waals surface area contributed by atoms with Crippen molar-refractivity contribution in [2.45, 2.75) is 25.7 Å². The third-order valence-corrected chi connectivity index (χ3v) is 5.28. The van der Waals surface area contributed by atoms with Crippen LogP contribution in [0.15, 0.2) is 34.9 Å². The van der Waals surface area contributed by atoms with Gasteiger partial charge >= 0.3 is 0 Å². The number of ketones is 1. The zero-order chi connectivity index (χ0) is 17.1. The molecule has 5 nitrogen and oxygen atoms in total. The van der Waals surface area contributed by atoms with Gasteiger partial charge in [-0.1, -0.05) is 35.5 Å². The molecule has 5 heteroatoms. The molecule has 0 N–H and O–H groups in total. The number of carbonyl (C=O) groups excluding carboxylic acids is 1. The van der Waals surface area contributed by atoms with Gasteiger partial charge in [-0.25, -0.2) is 0 Å². The lowest BCUT2D eigenvalue weighted by atomic mass is 9.82. The number of nitrogens with zero attached hydrogens (tertiary/aromatic N) is 2. The second-order valence-corrected chi connectivity index (χ2v) is 6.89. The molecule has 132 valence electrons. The normalized spacial score (nSPS) is 21.3. The molecule has 1 aromatic heterocycles. The molecule has 0 bridgehead atoms. The van der Waals surface area contributed by atoms with Crippen molar-refractivity contribution < 1.29 is 14.1 Å². The van der Waals surface area contributed by atoms with E-state index in [2.05, 4.69) is 10.1 Å². The van der Waals surface area contributed by atoms with Crippen LogP contribution in [0.5, 0.6) is 0 Å². The first-order valence-electron chi connectivity index (χ1n) is 9.21. The number of carbonyl (C=O) groups is 1. The molecule has 4 rings (SSSR count). The molecule has 1 unspecified atom stereocenters. The largest absolute Gasteiger partial charge is 0.379 e. The number of hydrogen-bond donors (Lipinski definition) is 0. The van der Waals surface area contributed by atoms with E-state index in [1.54, 1.807) is 0 Å². The fraction of sp³-hybridized carbons (Fsp3) is 0.500. The van der Waals surface area contributed by atoms with Gasteiger partial charge in [0, 0.05) is 31.0 Å². The Labute approximate surface area is 147 Å². The summed E-state index contributed by atoms with van der Waals surface area (Å²) in [6.45, 7) is 4.72. The quantitative estimate of drug-likeness (QED) is 0.837. The van der Waals surface area contributed by atoms with Crippen molar-refractivity contribution >= 4 is 5.78 Å². The number of Topliss-reactive ketones (excluding diaryl/α,β-unsaturated/α-hetero) is 1. The number of ether oxygens (including phenoxy) is 1. The molecule has 1 aliphatic carbocycles. The highest BCUT2D eigenvalue weighted by molar-refractivity contribution is 6.04. The molecule has 2 aliphatic rings. The molecule has 2 aromatic rings. The monoisotopic (exact) mass is 340 g/mol. The van der Waals surface area contributed by atoms with Gasteiger partial charge < -0.3 is 9.26 Å². The molecule has 1 aliphatic heterocycles. The Kier molecular flexibility index (Phi) is 4.95. The summed E-state index contributed by atoms with van der Waals surface area (Å²) in [6, 6.07) is 9.85. The Morgan fingerprint density at radius 3 is 2.76 bits per heavy atom. The lowest BCUT2D eigenvalue weighted by molar-refractivity contribution is 0.0364. The summed E-state index contributed by atoms with van der Waals surface area (Å²) in [5, 5.41) is 4.19. The maximum Gasteiger partial charge on any atom is 0.171 e. The van der Waals surface area contributed by atoms with Crippen LogP contribution in [-0.4, -0.2) is 48.7 Å². The molecule has 1 aromatic carbocycles. The molecule has 2 heterocycles. The van der Waals surface area contributed by atoms with Crippen LogP contribution in [0.2, 0.25) is 0 Å². The van der Waals surface area contributed by atoms with Gasteiger partial charge in [-0.15, -0.1) is 0 Å². The SMILES string of the molecule is O=C1c2c(-c3ccccc3)noc2CCC1CCCN1CCOCC1. The van der Waals surface area contributed by atoms with Crippen LogP contribution in [0.1, 0.15) is 35.4 Å². The molecule has 1 fully saturated rings. The first-order valence-corrected chi connectivity index (χ1v) is 9.21. The predicted molar refractivity (Wildman–Crippen MR) is 94.6 cm³/mol. The fourth-order valence-corrected chi connectivity index (χ4v) is 3.84. The zero-order valence-electron chi connectivity index (χ0n) is 14.4. The Balaban J connectivity index is 1.43. The molecule has 0 saturated carbocycles. The lowest BCUT2D eigenvalue weighted by Crippen LogP contribution is -2.37. The van der Waals surface area contributed by atoms with Crippen molar-refractivity contribution in [3.05, 3.63) is 41.7 Å². The third-order valence-electron chi connectivity index (χ3n) is 5.28. The maximum atomic E-state index is 13.0. The number of rotatable bonds is 5. The first-order chi connectivity index (χ1) is 12.3. The third kappa shape index (κ3) is 3.53. The Hall–Kier alpha value is -1.98. The summed E-state index contributed by atoms with van der Waals surface area (Å²) < 4.78 is 10.9. The van der Waals surface area contributed by atoms with E-state index in [1.165, 1.54) is 0 Å². The number of fused-ring (bicyclic) bond motifs is 1. The van der Waals surface area contributed by atoms with E-state index in [0.717, 1.165) is 69.9 Å². The van der Waals surface area contributed by atoms with Crippen LogP contribution in [0.4, 0.5) is 0 Å². The second-order valence-electron chi connectivity index (χ2n) is 6.89. The number of morpholine rings is 1. The van der Waals surface area contributed by atoms with Gasteiger partial charge in [0.25, 0.3) is 0 Å². The lowest BCUT2D eigenvalue weighted by Gasteiger charge is -2.27. The van der Waals surface area contributed by atoms with Crippen molar-refractivity contribution in [2.75, 3.05) is 32.8 Å². The van der Waals surface area contributed by atoms with Crippen LogP contribution in [0.3, 0.4) is 0 Å². The van der Waals surface area contributed by atoms with E-state index in [1.807, 2.05) is 30.3 Å². The smallest absolute Gasteiger partial charge is 0.171 e. The molecular weight excluding hydrogens is 316 g/mol. The van der Waals surface area contributed by atoms with Crippen LogP contribution in [0.25, 0.3) is 11.3 Å². The summed E-state index contributed by atoms with van der Waals surface area (Å²) in [5.41, 5.74) is 2.38. The molecule has 0 amide bonds. The number of aryl methyl sites for hydroxylation is 1. The van der Waals surface area contributed by atoms with Crippen molar-refractivity contribution in [3.63, 3.8) is 0 Å². The Bertz CT molecular complexity index is 720. The van der Waals surface area contributed by atoms with Gasteiger partial charge in [0.1, 0.15) is 11.5 Å². The maximum absolute atomic E-state index is 13.0. The number of benzene rings is 1. The van der Waals surface area contributed by atoms with Gasteiger partial charge in [-0.2, -0.15) is 0 Å². The van der Waals surface area contributed by atoms with Gasteiger partial charge in [0.2, 0.25) is 0 Å². The van der Waals surface area contributed by atoms with E-state index in [9.17, 15) is 4.79 Å². The van der Waals surface area contributed by atoms with Crippen molar-refractivity contribution in [3.8, 4) is 11.3 Å². The minimum absolute atomic E-state index is 0.0930. The predicted octanol–water partition coefficient (Wildman–Crippen LogP) is 3.20. The van der Waals surface area contributed by atoms with E-state index in [0.29, 0.717) is 11.3 Å². The summed E-state index contributed by atoms with van der Waals surface area (Å²) in [4.78, 5) is 15.4. The van der Waals surface area contributed by atoms with Crippen LogP contribution >= 0.6 is 0 Å². The second kappa shape index (κ2) is 7.50. The highest BCUT2D eigenvalue weighted by Gasteiger charge is 2.33. The highest BCUT2D eigenvalue weighted by Crippen LogP contribution is 2.35. The first kappa shape index (κ1) is 16.5. The van der Waals surface area contributed by atoms with Gasteiger partial charge in [0.15, 0.2) is 5.78 Å². The molecular formula is C20H24N2O3. The average molecular weight is 340 g/mol. The van der Waals surface area contributed by atoms with Gasteiger partial charge in [0.05, 0.1) is 18.8 Å². The average Bonchev–Trinajstić information content (AvgIpc) is 3.10. The fourth-order valence-electron chi connectivity index (χ4n) is 3.84. The van der Waals surface area contributed by atoms with Crippen LogP contribution in [0, 0.1) is 5.92 Å². The topological polar surface area (TPSA) is 55.6 Å². The van der Waals surface area contributed by atoms with Crippen LogP contribution in [-0.2, 0) is 11.2 Å². The molecule has 1 atom stereocenters. The number of hydrogen-bond acceptors (Lipinski definition) is 5. The van der Waals surface area contributed by atoms with E-state index < -0.39 is 0 Å². The minimum Gasteiger partial charge on any atom is -0.379 e. The summed E-state index contributed by atoms with van der Waals surface area (Å²) in [7, 11) is 0. The summed E-state index contributed by atoms with van der Waals surface area (Å²) in [6.07, 6.45) is 3.67. The molecule has 0 spiro atoms. The summed E-state index contributed by atoms with van der Waals surface area (Å²) >= 11 is 0. The minimum atomic E-state index is 0.0930. The van der Waals surface area contributed by atoms with E-state index >= 15 is 0 Å².